The minimum absolute atomic E-state index is 0.0381. The fourth-order valence-corrected chi connectivity index (χ4v) is 2.62. The van der Waals surface area contributed by atoms with Crippen LogP contribution >= 0.6 is 11.6 Å². The van der Waals surface area contributed by atoms with Crippen LogP contribution in [0, 0.1) is 5.82 Å². The van der Waals surface area contributed by atoms with Crippen molar-refractivity contribution in [1.82, 2.24) is 4.90 Å². The van der Waals surface area contributed by atoms with Crippen LogP contribution in [-0.2, 0) is 4.79 Å². The summed E-state index contributed by atoms with van der Waals surface area (Å²) in [7, 11) is 0. The van der Waals surface area contributed by atoms with E-state index in [9.17, 15) is 9.18 Å². The summed E-state index contributed by atoms with van der Waals surface area (Å²) in [6.45, 7) is 1.48. The summed E-state index contributed by atoms with van der Waals surface area (Å²) in [4.78, 5) is 13.9. The van der Waals surface area contributed by atoms with Gasteiger partial charge >= 0.3 is 0 Å². The normalized spacial score (nSPS) is 18.4. The number of nitrogens with two attached hydrogens (primary N) is 1. The van der Waals surface area contributed by atoms with Gasteiger partial charge in [-0.3, -0.25) is 4.79 Å². The van der Waals surface area contributed by atoms with Crippen LogP contribution in [0.25, 0.3) is 0 Å². The number of carbonyl (C=O) groups excluding carboxylic acids is 1. The van der Waals surface area contributed by atoms with Crippen molar-refractivity contribution < 1.29 is 13.9 Å². The maximum atomic E-state index is 12.9. The Bertz CT molecular complexity index is 484. The fourth-order valence-electron chi connectivity index (χ4n) is 2.39. The molecule has 6 heteroatoms. The third-order valence-corrected chi connectivity index (χ3v) is 3.73. The van der Waals surface area contributed by atoms with E-state index in [-0.39, 0.29) is 30.0 Å². The SMILES string of the molecule is NC[C@H]1CCCN1C(=O)CCOc1ccc(F)cc1Cl. The second-order valence-corrected chi connectivity index (χ2v) is 5.20. The van der Waals surface area contributed by atoms with Crippen LogP contribution in [0.4, 0.5) is 4.39 Å². The molecule has 1 aliphatic rings. The van der Waals surface area contributed by atoms with E-state index in [1.54, 1.807) is 0 Å². The standard InChI is InChI=1S/C14H18ClFN2O2/c15-12-8-10(16)3-4-13(12)20-7-5-14(19)18-6-1-2-11(18)9-17/h3-4,8,11H,1-2,5-7,9,17H2/t11-/m1/s1. The number of halogens is 2. The molecule has 0 radical (unpaired) electrons. The van der Waals surface area contributed by atoms with E-state index in [1.807, 2.05) is 4.90 Å². The maximum Gasteiger partial charge on any atom is 0.226 e. The molecule has 1 aromatic carbocycles. The minimum atomic E-state index is -0.415. The Morgan fingerprint density at radius 2 is 2.35 bits per heavy atom. The lowest BCUT2D eigenvalue weighted by Gasteiger charge is -2.23. The van der Waals surface area contributed by atoms with Gasteiger partial charge in [-0.2, -0.15) is 0 Å². The Balaban J connectivity index is 1.82. The predicted octanol–water partition coefficient (Wildman–Crippen LogP) is 2.20. The smallest absolute Gasteiger partial charge is 0.226 e. The van der Waals surface area contributed by atoms with Crippen molar-refractivity contribution in [2.24, 2.45) is 5.73 Å². The van der Waals surface area contributed by atoms with E-state index in [0.29, 0.717) is 12.3 Å². The van der Waals surface area contributed by atoms with Crippen molar-refractivity contribution in [3.05, 3.63) is 29.0 Å². The first kappa shape index (κ1) is 15.1. The molecule has 1 saturated heterocycles. The van der Waals surface area contributed by atoms with Gasteiger partial charge in [0.15, 0.2) is 0 Å². The van der Waals surface area contributed by atoms with Crippen LogP contribution in [0.2, 0.25) is 5.02 Å². The molecule has 0 saturated carbocycles. The van der Waals surface area contributed by atoms with Gasteiger partial charge in [-0.1, -0.05) is 11.6 Å². The molecule has 1 heterocycles. The number of likely N-dealkylation sites (tertiary alicyclic amines) is 1. The second-order valence-electron chi connectivity index (χ2n) is 4.79. The maximum absolute atomic E-state index is 12.9. The van der Waals surface area contributed by atoms with Gasteiger partial charge in [0, 0.05) is 19.1 Å². The topological polar surface area (TPSA) is 55.6 Å². The van der Waals surface area contributed by atoms with E-state index < -0.39 is 5.82 Å². The summed E-state index contributed by atoms with van der Waals surface area (Å²) >= 11 is 5.84. The zero-order chi connectivity index (χ0) is 14.5. The molecule has 2 N–H and O–H groups in total. The Morgan fingerprint density at radius 3 is 3.05 bits per heavy atom. The average molecular weight is 301 g/mol. The molecule has 0 aromatic heterocycles. The lowest BCUT2D eigenvalue weighted by atomic mass is 10.2. The van der Waals surface area contributed by atoms with E-state index in [4.69, 9.17) is 22.1 Å². The fraction of sp³-hybridized carbons (Fsp3) is 0.500. The molecule has 1 fully saturated rings. The van der Waals surface area contributed by atoms with Crippen molar-refractivity contribution in [3.63, 3.8) is 0 Å². The van der Waals surface area contributed by atoms with Crippen molar-refractivity contribution in [1.29, 1.82) is 0 Å². The molecule has 2 rings (SSSR count). The molecule has 110 valence electrons. The number of benzene rings is 1. The first-order valence-corrected chi connectivity index (χ1v) is 7.07. The lowest BCUT2D eigenvalue weighted by Crippen LogP contribution is -2.40. The highest BCUT2D eigenvalue weighted by atomic mass is 35.5. The quantitative estimate of drug-likeness (QED) is 0.907. The molecule has 1 aliphatic heterocycles. The van der Waals surface area contributed by atoms with Gasteiger partial charge in [0.1, 0.15) is 11.6 Å². The predicted molar refractivity (Wildman–Crippen MR) is 75.3 cm³/mol. The molecule has 0 spiro atoms. The summed E-state index contributed by atoms with van der Waals surface area (Å²) in [5.74, 6) is 0.00938. The Hall–Kier alpha value is -1.33. The lowest BCUT2D eigenvalue weighted by molar-refractivity contribution is -0.132. The van der Waals surface area contributed by atoms with E-state index in [2.05, 4.69) is 0 Å². The van der Waals surface area contributed by atoms with Gasteiger partial charge in [-0.15, -0.1) is 0 Å². The Labute approximate surface area is 122 Å². The third kappa shape index (κ3) is 3.61. The summed E-state index contributed by atoms with van der Waals surface area (Å²) in [6.07, 6.45) is 2.23. The highest BCUT2D eigenvalue weighted by Gasteiger charge is 2.27. The number of amides is 1. The number of carbonyl (C=O) groups is 1. The molecule has 0 bridgehead atoms. The highest BCUT2D eigenvalue weighted by molar-refractivity contribution is 6.32. The highest BCUT2D eigenvalue weighted by Crippen LogP contribution is 2.25. The Morgan fingerprint density at radius 1 is 1.55 bits per heavy atom. The molecule has 0 aliphatic carbocycles. The average Bonchev–Trinajstić information content (AvgIpc) is 2.89. The van der Waals surface area contributed by atoms with Crippen LogP contribution in [0.5, 0.6) is 5.75 Å². The summed E-state index contributed by atoms with van der Waals surface area (Å²) < 4.78 is 18.3. The molecular formula is C14H18ClFN2O2. The molecule has 20 heavy (non-hydrogen) atoms. The van der Waals surface area contributed by atoms with E-state index in [1.165, 1.54) is 18.2 Å². The number of hydrogen-bond acceptors (Lipinski definition) is 3. The van der Waals surface area contributed by atoms with Crippen LogP contribution in [-0.4, -0.2) is 36.5 Å². The van der Waals surface area contributed by atoms with Gasteiger partial charge in [-0.05, 0) is 31.0 Å². The van der Waals surface area contributed by atoms with E-state index in [0.717, 1.165) is 19.4 Å². The zero-order valence-corrected chi connectivity index (χ0v) is 11.9. The third-order valence-electron chi connectivity index (χ3n) is 3.44. The van der Waals surface area contributed by atoms with Crippen LogP contribution in [0.3, 0.4) is 0 Å². The van der Waals surface area contributed by atoms with Gasteiger partial charge in [0.25, 0.3) is 0 Å². The molecule has 1 amide bonds. The van der Waals surface area contributed by atoms with E-state index >= 15 is 0 Å². The molecule has 1 aromatic rings. The Kier molecular flexibility index (Phi) is 5.20. The van der Waals surface area contributed by atoms with Gasteiger partial charge < -0.3 is 15.4 Å². The van der Waals surface area contributed by atoms with Crippen molar-refractivity contribution >= 4 is 17.5 Å². The summed E-state index contributed by atoms with van der Waals surface area (Å²) in [6, 6.07) is 4.06. The molecular weight excluding hydrogens is 283 g/mol. The number of nitrogens with zero attached hydrogens (tertiary/aromatic N) is 1. The van der Waals surface area contributed by atoms with Crippen LogP contribution < -0.4 is 10.5 Å². The van der Waals surface area contributed by atoms with Gasteiger partial charge in [-0.25, -0.2) is 4.39 Å². The van der Waals surface area contributed by atoms with Crippen molar-refractivity contribution in [2.75, 3.05) is 19.7 Å². The first-order chi connectivity index (χ1) is 9.61. The van der Waals surface area contributed by atoms with Gasteiger partial charge in [0.05, 0.1) is 18.1 Å². The summed E-state index contributed by atoms with van der Waals surface area (Å²) in [5, 5.41) is 0.207. The monoisotopic (exact) mass is 300 g/mol. The number of ether oxygens (including phenoxy) is 1. The zero-order valence-electron chi connectivity index (χ0n) is 11.1. The molecule has 1 atom stereocenters. The van der Waals surface area contributed by atoms with Crippen molar-refractivity contribution in [2.45, 2.75) is 25.3 Å². The van der Waals surface area contributed by atoms with Crippen LogP contribution in [0.1, 0.15) is 19.3 Å². The first-order valence-electron chi connectivity index (χ1n) is 6.69. The second kappa shape index (κ2) is 6.90. The van der Waals surface area contributed by atoms with Gasteiger partial charge in [0.2, 0.25) is 5.91 Å². The minimum Gasteiger partial charge on any atom is -0.491 e. The number of hydrogen-bond donors (Lipinski definition) is 1. The summed E-state index contributed by atoms with van der Waals surface area (Å²) in [5.41, 5.74) is 5.64. The van der Waals surface area contributed by atoms with Crippen LogP contribution in [0.15, 0.2) is 18.2 Å². The number of rotatable bonds is 5. The largest absolute Gasteiger partial charge is 0.491 e. The molecule has 4 nitrogen and oxygen atoms in total. The van der Waals surface area contributed by atoms with Crippen molar-refractivity contribution in [3.8, 4) is 5.75 Å². The molecule has 0 unspecified atom stereocenters.